The van der Waals surface area contributed by atoms with Crippen LogP contribution in [0.2, 0.25) is 0 Å². The molecule has 9 rings (SSSR count). The summed E-state index contributed by atoms with van der Waals surface area (Å²) in [5.41, 5.74) is 9.83. The molecule has 0 N–H and O–H groups in total. The van der Waals surface area contributed by atoms with E-state index in [1.807, 2.05) is 62.4 Å². The number of para-hydroxylation sites is 4. The average Bonchev–Trinajstić information content (AvgIpc) is 3.73. The molecule has 5 heteroatoms. The van der Waals surface area contributed by atoms with Crippen molar-refractivity contribution in [3.8, 4) is 39.6 Å². The number of allylic oxidation sites excluding steroid dienone is 4. The summed E-state index contributed by atoms with van der Waals surface area (Å²) in [6.45, 7) is 4.00. The lowest BCUT2D eigenvalue weighted by Crippen LogP contribution is -2.02. The van der Waals surface area contributed by atoms with E-state index in [1.165, 1.54) is 10.8 Å². The van der Waals surface area contributed by atoms with Gasteiger partial charge in [-0.25, -0.2) is 15.0 Å². The Labute approximate surface area is 289 Å². The monoisotopic (exact) mass is 644 g/mol. The minimum absolute atomic E-state index is 0.616. The van der Waals surface area contributed by atoms with Crippen molar-refractivity contribution in [2.45, 2.75) is 13.8 Å². The van der Waals surface area contributed by atoms with Crippen LogP contribution >= 0.6 is 0 Å². The molecule has 0 aliphatic carbocycles. The van der Waals surface area contributed by atoms with E-state index in [0.717, 1.165) is 66.5 Å². The molecule has 0 unspecified atom stereocenters. The van der Waals surface area contributed by atoms with Crippen LogP contribution < -0.4 is 0 Å². The minimum Gasteiger partial charge on any atom is -0.453 e. The van der Waals surface area contributed by atoms with Gasteiger partial charge in [-0.3, -0.25) is 0 Å². The Morgan fingerprint density at radius 1 is 0.540 bits per heavy atom. The van der Waals surface area contributed by atoms with Crippen molar-refractivity contribution < 1.29 is 4.42 Å². The van der Waals surface area contributed by atoms with Crippen molar-refractivity contribution >= 4 is 49.3 Å². The maximum absolute atomic E-state index is 6.93. The van der Waals surface area contributed by atoms with E-state index >= 15 is 0 Å². The van der Waals surface area contributed by atoms with Crippen LogP contribution in [0.4, 0.5) is 0 Å². The van der Waals surface area contributed by atoms with Crippen LogP contribution in [0.3, 0.4) is 0 Å². The maximum atomic E-state index is 6.93. The Morgan fingerprint density at radius 2 is 1.12 bits per heavy atom. The summed E-state index contributed by atoms with van der Waals surface area (Å²) in [6.07, 6.45) is 6.06. The number of furan rings is 1. The lowest BCUT2D eigenvalue weighted by atomic mass is 10.00. The molecule has 50 heavy (non-hydrogen) atoms. The Kier molecular flexibility index (Phi) is 7.17. The van der Waals surface area contributed by atoms with Crippen molar-refractivity contribution in [3.05, 3.63) is 164 Å². The SMILES string of the molecule is CC=CC(=CC)c1nc(-c2ccccc2)nc(-c2cccc(-c3cccc4c3oc3c(-n5c6ccccc6c6ccccc65)cccc34)c2)n1. The van der Waals surface area contributed by atoms with Crippen LogP contribution in [0, 0.1) is 0 Å². The predicted octanol–water partition coefficient (Wildman–Crippen LogP) is 11.8. The van der Waals surface area contributed by atoms with Gasteiger partial charge in [-0.05, 0) is 43.7 Å². The standard InChI is InChI=1S/C45H32N4O/c1-3-15-29(4-2)43-46-44(30-16-6-5-7-17-30)48-45(47-43)32-19-12-18-31(28-32)33-22-13-23-36-37-24-14-27-40(42(37)50-41(33)36)49-38-25-10-8-20-34(38)35-21-9-11-26-39(35)49/h3-28H,1-2H3. The van der Waals surface area contributed by atoms with Crippen molar-refractivity contribution in [2.75, 3.05) is 0 Å². The molecule has 5 nitrogen and oxygen atoms in total. The lowest BCUT2D eigenvalue weighted by Gasteiger charge is -2.10. The third-order valence-corrected chi connectivity index (χ3v) is 9.34. The van der Waals surface area contributed by atoms with Gasteiger partial charge < -0.3 is 8.98 Å². The molecule has 0 radical (unpaired) electrons. The number of fused-ring (bicyclic) bond motifs is 6. The largest absolute Gasteiger partial charge is 0.453 e. The molecule has 3 heterocycles. The molecular formula is C45H32N4O. The number of hydrogen-bond acceptors (Lipinski definition) is 4. The van der Waals surface area contributed by atoms with E-state index in [-0.39, 0.29) is 0 Å². The molecule has 0 fully saturated rings. The maximum Gasteiger partial charge on any atom is 0.164 e. The molecule has 0 saturated carbocycles. The van der Waals surface area contributed by atoms with Gasteiger partial charge >= 0.3 is 0 Å². The molecule has 0 saturated heterocycles. The van der Waals surface area contributed by atoms with E-state index in [0.29, 0.717) is 17.5 Å². The molecule has 238 valence electrons. The first-order chi connectivity index (χ1) is 24.7. The minimum atomic E-state index is 0.616. The highest BCUT2D eigenvalue weighted by atomic mass is 16.3. The third-order valence-electron chi connectivity index (χ3n) is 9.34. The molecule has 0 spiro atoms. The summed E-state index contributed by atoms with van der Waals surface area (Å²) in [7, 11) is 0. The van der Waals surface area contributed by atoms with Crippen LogP contribution in [-0.4, -0.2) is 19.5 Å². The Hall–Kier alpha value is -6.59. The molecule has 0 aliphatic rings. The Balaban J connectivity index is 1.22. The highest BCUT2D eigenvalue weighted by Gasteiger charge is 2.19. The zero-order valence-corrected chi connectivity index (χ0v) is 27.7. The second-order valence-corrected chi connectivity index (χ2v) is 12.3. The summed E-state index contributed by atoms with van der Waals surface area (Å²) in [4.78, 5) is 14.8. The van der Waals surface area contributed by atoms with Crippen LogP contribution in [0.1, 0.15) is 19.7 Å². The molecule has 6 aromatic carbocycles. The van der Waals surface area contributed by atoms with E-state index in [1.54, 1.807) is 0 Å². The van der Waals surface area contributed by atoms with E-state index in [9.17, 15) is 0 Å². The van der Waals surface area contributed by atoms with Gasteiger partial charge in [0.2, 0.25) is 0 Å². The van der Waals surface area contributed by atoms with Gasteiger partial charge in [0.1, 0.15) is 5.58 Å². The highest BCUT2D eigenvalue weighted by Crippen LogP contribution is 2.41. The topological polar surface area (TPSA) is 56.7 Å². The van der Waals surface area contributed by atoms with Gasteiger partial charge in [-0.1, -0.05) is 133 Å². The van der Waals surface area contributed by atoms with Crippen LogP contribution in [0.25, 0.3) is 88.9 Å². The lowest BCUT2D eigenvalue weighted by molar-refractivity contribution is 0.667. The van der Waals surface area contributed by atoms with Gasteiger partial charge in [-0.2, -0.15) is 0 Å². The van der Waals surface area contributed by atoms with Crippen LogP contribution in [0.15, 0.2) is 162 Å². The summed E-state index contributed by atoms with van der Waals surface area (Å²) in [5.74, 6) is 1.89. The fourth-order valence-corrected chi connectivity index (χ4v) is 7.05. The highest BCUT2D eigenvalue weighted by molar-refractivity contribution is 6.14. The predicted molar refractivity (Wildman–Crippen MR) is 206 cm³/mol. The molecule has 9 aromatic rings. The first-order valence-corrected chi connectivity index (χ1v) is 16.9. The van der Waals surface area contributed by atoms with E-state index in [2.05, 4.69) is 114 Å². The van der Waals surface area contributed by atoms with E-state index < -0.39 is 0 Å². The zero-order chi connectivity index (χ0) is 33.6. The van der Waals surface area contributed by atoms with Crippen LogP contribution in [-0.2, 0) is 0 Å². The molecule has 0 amide bonds. The molecule has 0 bridgehead atoms. The van der Waals surface area contributed by atoms with Gasteiger partial charge in [0.15, 0.2) is 23.1 Å². The number of rotatable bonds is 6. The second kappa shape index (κ2) is 12.1. The average molecular weight is 645 g/mol. The number of nitrogens with zero attached hydrogens (tertiary/aromatic N) is 4. The normalized spacial score (nSPS) is 12.2. The van der Waals surface area contributed by atoms with Crippen molar-refractivity contribution in [1.29, 1.82) is 0 Å². The third kappa shape index (κ3) is 4.82. The van der Waals surface area contributed by atoms with Crippen molar-refractivity contribution in [3.63, 3.8) is 0 Å². The molecular weight excluding hydrogens is 613 g/mol. The van der Waals surface area contributed by atoms with Gasteiger partial charge in [-0.15, -0.1) is 0 Å². The first-order valence-electron chi connectivity index (χ1n) is 16.9. The molecule has 3 aromatic heterocycles. The number of hydrogen-bond donors (Lipinski definition) is 0. The van der Waals surface area contributed by atoms with Crippen LogP contribution in [0.5, 0.6) is 0 Å². The van der Waals surface area contributed by atoms with Gasteiger partial charge in [0.25, 0.3) is 0 Å². The number of aromatic nitrogens is 4. The van der Waals surface area contributed by atoms with Crippen molar-refractivity contribution in [2.24, 2.45) is 0 Å². The fraction of sp³-hybridized carbons (Fsp3) is 0.0444. The smallest absolute Gasteiger partial charge is 0.164 e. The summed E-state index contributed by atoms with van der Waals surface area (Å²) in [6, 6.07) is 48.4. The molecule has 0 aliphatic heterocycles. The zero-order valence-electron chi connectivity index (χ0n) is 27.7. The summed E-state index contributed by atoms with van der Waals surface area (Å²) >= 11 is 0. The Morgan fingerprint density at radius 3 is 1.84 bits per heavy atom. The van der Waals surface area contributed by atoms with E-state index in [4.69, 9.17) is 19.4 Å². The second-order valence-electron chi connectivity index (χ2n) is 12.3. The summed E-state index contributed by atoms with van der Waals surface area (Å²) in [5, 5.41) is 4.59. The number of benzene rings is 6. The Bertz CT molecular complexity index is 2730. The molecule has 0 atom stereocenters. The fourth-order valence-electron chi connectivity index (χ4n) is 7.05. The quantitative estimate of drug-likeness (QED) is 0.169. The summed E-state index contributed by atoms with van der Waals surface area (Å²) < 4.78 is 9.25. The first kappa shape index (κ1) is 29.5. The van der Waals surface area contributed by atoms with Gasteiger partial charge in [0, 0.05) is 43.8 Å². The van der Waals surface area contributed by atoms with Crippen molar-refractivity contribution in [1.82, 2.24) is 19.5 Å². The van der Waals surface area contributed by atoms with Gasteiger partial charge in [0.05, 0.1) is 16.7 Å².